The normalized spacial score (nSPS) is 21.3. The smallest absolute Gasteiger partial charge is 0.242 e. The lowest BCUT2D eigenvalue weighted by Gasteiger charge is -2.44. The van der Waals surface area contributed by atoms with Crippen LogP contribution in [0.5, 0.6) is 0 Å². The zero-order valence-corrected chi connectivity index (χ0v) is 18.4. The molecule has 2 aliphatic carbocycles. The molecule has 0 N–H and O–H groups in total. The Morgan fingerprint density at radius 1 is 0.955 bits per heavy atom. The van der Waals surface area contributed by atoms with Crippen molar-refractivity contribution < 1.29 is 4.43 Å². The van der Waals surface area contributed by atoms with Gasteiger partial charge in [0.15, 0.2) is 0 Å². The van der Waals surface area contributed by atoms with Gasteiger partial charge in [-0.15, -0.1) is 0 Å². The van der Waals surface area contributed by atoms with Crippen molar-refractivity contribution in [1.29, 1.82) is 0 Å². The Kier molecular flexibility index (Phi) is 4.95. The average Bonchev–Trinajstić information content (AvgIpc) is 3.06. The fourth-order valence-corrected chi connectivity index (χ4v) is 17.0. The topological polar surface area (TPSA) is 9.23 Å². The summed E-state index contributed by atoms with van der Waals surface area (Å²) in [7, 11) is -4.56. The van der Waals surface area contributed by atoms with E-state index in [0.717, 1.165) is 12.8 Å². The molecule has 0 saturated carbocycles. The molecule has 0 aliphatic heterocycles. The summed E-state index contributed by atoms with van der Waals surface area (Å²) in [6.07, 6.45) is 14.2. The summed E-state index contributed by atoms with van der Waals surface area (Å²) >= 11 is 0. The van der Waals surface area contributed by atoms with Gasteiger partial charge in [0.1, 0.15) is 7.59 Å². The Labute approximate surface area is 139 Å². The Balaban J connectivity index is 2.47. The van der Waals surface area contributed by atoms with Crippen LogP contribution < -0.4 is 0 Å². The van der Waals surface area contributed by atoms with Crippen molar-refractivity contribution in [3.05, 3.63) is 46.5 Å². The molecule has 2 rings (SSSR count). The van der Waals surface area contributed by atoms with E-state index in [-0.39, 0.29) is 0 Å². The lowest BCUT2D eigenvalue weighted by Crippen LogP contribution is -2.60. The number of rotatable bonds is 6. The third kappa shape index (κ3) is 3.19. The highest BCUT2D eigenvalue weighted by Gasteiger charge is 2.50. The first-order valence-electron chi connectivity index (χ1n) is 8.59. The lowest BCUT2D eigenvalue weighted by atomic mass is 10.5. The van der Waals surface area contributed by atoms with Gasteiger partial charge < -0.3 is 4.43 Å². The first kappa shape index (κ1) is 17.8. The molecule has 0 aromatic carbocycles. The first-order chi connectivity index (χ1) is 10.1. The highest BCUT2D eigenvalue weighted by atomic mass is 29.3. The first-order valence-corrected chi connectivity index (χ1v) is 18.7. The molecule has 0 radical (unpaired) electrons. The molecule has 4 heteroatoms. The minimum Gasteiger partial charge on any atom is -0.545 e. The summed E-state index contributed by atoms with van der Waals surface area (Å²) in [5.41, 5.74) is 0. The Hall–Kier alpha value is -0.589. The maximum absolute atomic E-state index is 6.49. The van der Waals surface area contributed by atoms with E-state index in [1.165, 1.54) is 11.8 Å². The van der Waals surface area contributed by atoms with Gasteiger partial charge >= 0.3 is 0 Å². The van der Waals surface area contributed by atoms with Crippen molar-refractivity contribution in [2.45, 2.75) is 65.1 Å². The number of allylic oxidation sites excluding steroid dienone is 7. The van der Waals surface area contributed by atoms with Gasteiger partial charge in [0.05, 0.1) is 13.4 Å². The summed E-state index contributed by atoms with van der Waals surface area (Å²) in [4.78, 5) is 0. The van der Waals surface area contributed by atoms with E-state index in [2.05, 4.69) is 76.6 Å². The zero-order chi connectivity index (χ0) is 16.6. The van der Waals surface area contributed by atoms with Crippen molar-refractivity contribution >= 4 is 23.5 Å². The van der Waals surface area contributed by atoms with Crippen LogP contribution >= 0.6 is 0 Å². The number of hydrogen-bond donors (Lipinski definition) is 0. The number of hydrogen-bond acceptors (Lipinski definition) is 1. The van der Waals surface area contributed by atoms with Crippen LogP contribution in [-0.2, 0) is 4.43 Å². The highest BCUT2D eigenvalue weighted by molar-refractivity contribution is 7.47. The second-order valence-corrected chi connectivity index (χ2v) is 27.6. The molecule has 0 fully saturated rings. The van der Waals surface area contributed by atoms with E-state index in [1.807, 2.05) is 0 Å². The van der Waals surface area contributed by atoms with Crippen molar-refractivity contribution in [2.75, 3.05) is 0 Å². The second kappa shape index (κ2) is 6.13. The highest BCUT2D eigenvalue weighted by Crippen LogP contribution is 2.43. The van der Waals surface area contributed by atoms with Gasteiger partial charge in [-0.2, -0.15) is 0 Å². The monoisotopic (exact) mass is 348 g/mol. The van der Waals surface area contributed by atoms with Crippen molar-refractivity contribution in [3.8, 4) is 0 Å². The maximum atomic E-state index is 6.49. The zero-order valence-electron chi connectivity index (χ0n) is 15.4. The van der Waals surface area contributed by atoms with Gasteiger partial charge in [0.2, 0.25) is 8.32 Å². The second-order valence-electron chi connectivity index (χ2n) is 8.30. The molecule has 0 aromatic rings. The third-order valence-corrected chi connectivity index (χ3v) is 24.6. The van der Waals surface area contributed by atoms with Crippen LogP contribution in [-0.4, -0.2) is 23.5 Å². The van der Waals surface area contributed by atoms with E-state index in [4.69, 9.17) is 4.43 Å². The molecule has 1 unspecified atom stereocenters. The van der Waals surface area contributed by atoms with Gasteiger partial charge in [-0.05, 0) is 43.8 Å². The summed E-state index contributed by atoms with van der Waals surface area (Å²) in [6.45, 7) is 17.1. The van der Waals surface area contributed by atoms with Crippen LogP contribution in [0.4, 0.5) is 0 Å². The van der Waals surface area contributed by atoms with E-state index in [9.17, 15) is 0 Å². The van der Waals surface area contributed by atoms with E-state index < -0.39 is 23.5 Å². The molecule has 0 heterocycles. The van der Waals surface area contributed by atoms with Crippen LogP contribution in [0.25, 0.3) is 0 Å². The predicted molar refractivity (Wildman–Crippen MR) is 107 cm³/mol. The summed E-state index contributed by atoms with van der Waals surface area (Å²) < 4.78 is 6.49. The predicted octanol–water partition coefficient (Wildman–Crippen LogP) is 5.90. The van der Waals surface area contributed by atoms with Crippen LogP contribution in [0.3, 0.4) is 0 Å². The molecule has 0 spiro atoms. The molecular formula is C18H32OSi3. The van der Waals surface area contributed by atoms with Crippen molar-refractivity contribution in [1.82, 2.24) is 0 Å². The fraction of sp³-hybridized carbons (Fsp3) is 0.556. The standard InChI is InChI=1S/C18H32OSi3/c1-8-21(5,6)22(7,16-12-9-10-13-16)18-15-11-14-17(18)19-20(2,3)4/h9,12-15H,8,10-11H2,1-7H3. The minimum atomic E-state index is -1.67. The molecule has 0 aromatic heterocycles. The molecule has 0 bridgehead atoms. The Bertz CT molecular complexity index is 561. The summed E-state index contributed by atoms with van der Waals surface area (Å²) in [5, 5.41) is 3.26. The van der Waals surface area contributed by atoms with Crippen molar-refractivity contribution in [2.24, 2.45) is 0 Å². The van der Waals surface area contributed by atoms with Crippen molar-refractivity contribution in [3.63, 3.8) is 0 Å². The van der Waals surface area contributed by atoms with E-state index in [1.54, 1.807) is 10.4 Å². The van der Waals surface area contributed by atoms with Crippen LogP contribution in [0.1, 0.15) is 19.8 Å². The Morgan fingerprint density at radius 3 is 2.14 bits per heavy atom. The largest absolute Gasteiger partial charge is 0.545 e. The molecule has 1 nitrogen and oxygen atoms in total. The van der Waals surface area contributed by atoms with Gasteiger partial charge in [-0.1, -0.05) is 62.1 Å². The lowest BCUT2D eigenvalue weighted by molar-refractivity contribution is 0.439. The van der Waals surface area contributed by atoms with E-state index in [0.29, 0.717) is 0 Å². The maximum Gasteiger partial charge on any atom is 0.242 e. The molecule has 0 amide bonds. The van der Waals surface area contributed by atoms with Crippen LogP contribution in [0.15, 0.2) is 46.5 Å². The van der Waals surface area contributed by atoms with Crippen LogP contribution in [0, 0.1) is 0 Å². The van der Waals surface area contributed by atoms with Gasteiger partial charge in [-0.25, -0.2) is 0 Å². The van der Waals surface area contributed by atoms with Crippen LogP contribution in [0.2, 0.25) is 45.3 Å². The van der Waals surface area contributed by atoms with Gasteiger partial charge in [-0.3, -0.25) is 0 Å². The minimum absolute atomic E-state index is 1.06. The SMILES string of the molecule is CC[Si](C)(C)[Si](C)(C1=CCC=C1)C1=CCC=C1O[Si](C)(C)C. The summed E-state index contributed by atoms with van der Waals surface area (Å²) in [6, 6.07) is 1.35. The molecule has 122 valence electrons. The molecule has 22 heavy (non-hydrogen) atoms. The van der Waals surface area contributed by atoms with E-state index >= 15 is 0 Å². The van der Waals surface area contributed by atoms with Gasteiger partial charge in [0.25, 0.3) is 0 Å². The summed E-state index contributed by atoms with van der Waals surface area (Å²) in [5.74, 6) is 1.24. The Morgan fingerprint density at radius 2 is 1.64 bits per heavy atom. The molecule has 0 saturated heterocycles. The molecule has 2 aliphatic rings. The average molecular weight is 349 g/mol. The molecule has 1 atom stereocenters. The third-order valence-electron chi connectivity index (χ3n) is 5.43. The fourth-order valence-electron chi connectivity index (χ4n) is 3.46. The molecular weight excluding hydrogens is 316 g/mol. The van der Waals surface area contributed by atoms with Gasteiger partial charge in [0, 0.05) is 0 Å². The quantitative estimate of drug-likeness (QED) is 0.543.